The van der Waals surface area contributed by atoms with Crippen LogP contribution in [0, 0.1) is 0 Å². The molecule has 0 fully saturated rings. The summed E-state index contributed by atoms with van der Waals surface area (Å²) in [4.78, 5) is 34.2. The molecule has 1 amide bonds. The van der Waals surface area contributed by atoms with Gasteiger partial charge in [0.05, 0.1) is 0 Å². The van der Waals surface area contributed by atoms with E-state index in [1.165, 1.54) is 12.1 Å². The fourth-order valence-electron chi connectivity index (χ4n) is 1.52. The van der Waals surface area contributed by atoms with Crippen LogP contribution in [-0.4, -0.2) is 35.3 Å². The molecule has 1 rings (SSSR count). The predicted octanol–water partition coefficient (Wildman–Crippen LogP) is 1.88. The van der Waals surface area contributed by atoms with Crippen molar-refractivity contribution in [3.8, 4) is 0 Å². The molecule has 0 aliphatic heterocycles. The van der Waals surface area contributed by atoms with Gasteiger partial charge >= 0.3 is 18.0 Å². The van der Waals surface area contributed by atoms with Crippen molar-refractivity contribution < 1.29 is 29.0 Å². The smallest absolute Gasteiger partial charge is 0.408 e. The number of nitrogens with one attached hydrogen (secondary N) is 1. The molecule has 0 saturated heterocycles. The van der Waals surface area contributed by atoms with Crippen LogP contribution in [0.15, 0.2) is 30.3 Å². The van der Waals surface area contributed by atoms with Crippen LogP contribution >= 0.6 is 0 Å². The Hall–Kier alpha value is -2.57. The zero-order valence-corrected chi connectivity index (χ0v) is 12.7. The largest absolute Gasteiger partial charge is 0.478 e. The molecule has 0 heterocycles. The number of aliphatic carboxylic acids is 1. The van der Waals surface area contributed by atoms with E-state index in [0.717, 1.165) is 0 Å². The van der Waals surface area contributed by atoms with Gasteiger partial charge in [0, 0.05) is 5.56 Å². The van der Waals surface area contributed by atoms with Gasteiger partial charge < -0.3 is 19.9 Å². The van der Waals surface area contributed by atoms with Gasteiger partial charge in [-0.15, -0.1) is 0 Å². The molecule has 0 radical (unpaired) electrons. The molecule has 0 saturated carbocycles. The summed E-state index contributed by atoms with van der Waals surface area (Å²) in [6, 6.07) is 8.06. The van der Waals surface area contributed by atoms with Gasteiger partial charge in [0.2, 0.25) is 6.10 Å². The lowest BCUT2D eigenvalue weighted by molar-refractivity contribution is -0.163. The Morgan fingerprint density at radius 3 is 2.27 bits per heavy atom. The summed E-state index contributed by atoms with van der Waals surface area (Å²) >= 11 is 0. The Morgan fingerprint density at radius 1 is 1.18 bits per heavy atom. The fraction of sp³-hybridized carbons (Fsp3) is 0.400. The maximum atomic E-state index is 11.6. The van der Waals surface area contributed by atoms with Crippen molar-refractivity contribution in [1.82, 2.24) is 5.32 Å². The normalized spacial score (nSPS) is 12.1. The Labute approximate surface area is 128 Å². The van der Waals surface area contributed by atoms with Crippen molar-refractivity contribution in [1.29, 1.82) is 0 Å². The highest BCUT2D eigenvalue weighted by Gasteiger charge is 2.24. The van der Waals surface area contributed by atoms with Crippen LogP contribution in [0.3, 0.4) is 0 Å². The maximum absolute atomic E-state index is 11.6. The van der Waals surface area contributed by atoms with E-state index >= 15 is 0 Å². The van der Waals surface area contributed by atoms with Gasteiger partial charge in [-0.2, -0.15) is 0 Å². The number of carboxylic acid groups (broad SMARTS) is 1. The molecule has 120 valence electrons. The van der Waals surface area contributed by atoms with Crippen molar-refractivity contribution in [2.75, 3.05) is 6.54 Å². The van der Waals surface area contributed by atoms with Crippen molar-refractivity contribution in [3.63, 3.8) is 0 Å². The lowest BCUT2D eigenvalue weighted by Crippen LogP contribution is -2.36. The molecule has 1 aromatic rings. The Kier molecular flexibility index (Phi) is 5.91. The molecular weight excluding hydrogens is 290 g/mol. The summed E-state index contributed by atoms with van der Waals surface area (Å²) in [6.45, 7) is 4.56. The monoisotopic (exact) mass is 309 g/mol. The lowest BCUT2D eigenvalue weighted by atomic mass is 10.1. The van der Waals surface area contributed by atoms with E-state index in [9.17, 15) is 14.4 Å². The molecule has 0 aliphatic rings. The summed E-state index contributed by atoms with van der Waals surface area (Å²) < 4.78 is 9.82. The van der Waals surface area contributed by atoms with Gasteiger partial charge in [-0.3, -0.25) is 4.79 Å². The number of benzene rings is 1. The quantitative estimate of drug-likeness (QED) is 0.805. The van der Waals surface area contributed by atoms with Crippen LogP contribution in [0.4, 0.5) is 4.79 Å². The van der Waals surface area contributed by atoms with Crippen LogP contribution in [0.2, 0.25) is 0 Å². The van der Waals surface area contributed by atoms with E-state index in [-0.39, 0.29) is 0 Å². The van der Waals surface area contributed by atoms with Gasteiger partial charge in [0.1, 0.15) is 12.1 Å². The minimum atomic E-state index is -1.42. The predicted molar refractivity (Wildman–Crippen MR) is 77.1 cm³/mol. The SMILES string of the molecule is CC(C)(C)OC(=O)NCC(=O)O[C@H](C(=O)O)c1ccccc1. The van der Waals surface area contributed by atoms with Gasteiger partial charge in [0.25, 0.3) is 0 Å². The molecule has 7 nitrogen and oxygen atoms in total. The number of esters is 1. The number of amides is 1. The number of carbonyl (C=O) groups is 3. The molecular formula is C15H19NO6. The summed E-state index contributed by atoms with van der Waals surface area (Å²) in [5.41, 5.74) is -0.359. The molecule has 1 aromatic carbocycles. The van der Waals surface area contributed by atoms with Crippen molar-refractivity contribution >= 4 is 18.0 Å². The molecule has 0 unspecified atom stereocenters. The first kappa shape index (κ1) is 17.5. The van der Waals surface area contributed by atoms with Crippen LogP contribution in [-0.2, 0) is 19.1 Å². The molecule has 0 aliphatic carbocycles. The minimum Gasteiger partial charge on any atom is -0.478 e. The second-order valence-corrected chi connectivity index (χ2v) is 5.47. The molecule has 2 N–H and O–H groups in total. The summed E-state index contributed by atoms with van der Waals surface area (Å²) in [5.74, 6) is -2.17. The van der Waals surface area contributed by atoms with E-state index in [1.807, 2.05) is 0 Å². The zero-order chi connectivity index (χ0) is 16.8. The van der Waals surface area contributed by atoms with Gasteiger partial charge in [-0.1, -0.05) is 30.3 Å². The van der Waals surface area contributed by atoms with Crippen LogP contribution in [0.1, 0.15) is 32.4 Å². The number of carboxylic acids is 1. The van der Waals surface area contributed by atoms with Gasteiger partial charge in [0.15, 0.2) is 0 Å². The number of carbonyl (C=O) groups excluding carboxylic acids is 2. The van der Waals surface area contributed by atoms with E-state index in [0.29, 0.717) is 5.56 Å². The second kappa shape index (κ2) is 7.44. The highest BCUT2D eigenvalue weighted by atomic mass is 16.6. The first-order chi connectivity index (χ1) is 10.2. The topological polar surface area (TPSA) is 102 Å². The standard InChI is InChI=1S/C15H19NO6/c1-15(2,3)22-14(20)16-9-11(17)21-12(13(18)19)10-7-5-4-6-8-10/h4-8,12H,9H2,1-3H3,(H,16,20)(H,18,19)/t12-/m0/s1. The summed E-state index contributed by atoms with van der Waals surface area (Å²) in [7, 11) is 0. The van der Waals surface area contributed by atoms with Crippen LogP contribution in [0.25, 0.3) is 0 Å². The highest BCUT2D eigenvalue weighted by Crippen LogP contribution is 2.17. The molecule has 7 heteroatoms. The third-order valence-electron chi connectivity index (χ3n) is 2.35. The number of hydrogen-bond donors (Lipinski definition) is 2. The highest BCUT2D eigenvalue weighted by molar-refractivity contribution is 5.82. The number of ether oxygens (including phenoxy) is 2. The molecule has 0 spiro atoms. The van der Waals surface area contributed by atoms with Gasteiger partial charge in [-0.05, 0) is 20.8 Å². The average Bonchev–Trinajstić information content (AvgIpc) is 2.41. The zero-order valence-electron chi connectivity index (χ0n) is 12.7. The van der Waals surface area contributed by atoms with Crippen LogP contribution < -0.4 is 5.32 Å². The molecule has 0 aromatic heterocycles. The third kappa shape index (κ3) is 6.25. The van der Waals surface area contributed by atoms with E-state index in [4.69, 9.17) is 14.6 Å². The first-order valence-electron chi connectivity index (χ1n) is 6.63. The molecule has 1 atom stereocenters. The Morgan fingerprint density at radius 2 is 1.77 bits per heavy atom. The Bertz CT molecular complexity index is 535. The van der Waals surface area contributed by atoms with Crippen molar-refractivity contribution in [3.05, 3.63) is 35.9 Å². The third-order valence-corrected chi connectivity index (χ3v) is 2.35. The Balaban J connectivity index is 2.55. The summed E-state index contributed by atoms with van der Waals surface area (Å²) in [5, 5.41) is 11.3. The van der Waals surface area contributed by atoms with Crippen molar-refractivity contribution in [2.45, 2.75) is 32.5 Å². The first-order valence-corrected chi connectivity index (χ1v) is 6.63. The maximum Gasteiger partial charge on any atom is 0.408 e. The van der Waals surface area contributed by atoms with E-state index < -0.39 is 36.3 Å². The van der Waals surface area contributed by atoms with Crippen LogP contribution in [0.5, 0.6) is 0 Å². The van der Waals surface area contributed by atoms with E-state index in [2.05, 4.69) is 5.32 Å². The number of hydrogen-bond acceptors (Lipinski definition) is 5. The minimum absolute atomic E-state index is 0.334. The average molecular weight is 309 g/mol. The molecule has 0 bridgehead atoms. The molecule has 22 heavy (non-hydrogen) atoms. The number of alkyl carbamates (subject to hydrolysis) is 1. The van der Waals surface area contributed by atoms with E-state index in [1.54, 1.807) is 39.0 Å². The fourth-order valence-corrected chi connectivity index (χ4v) is 1.52. The number of rotatable bonds is 5. The summed E-state index contributed by atoms with van der Waals surface area (Å²) in [6.07, 6.45) is -2.20. The second-order valence-electron chi connectivity index (χ2n) is 5.47. The van der Waals surface area contributed by atoms with Crippen molar-refractivity contribution in [2.24, 2.45) is 0 Å². The lowest BCUT2D eigenvalue weighted by Gasteiger charge is -2.19. The van der Waals surface area contributed by atoms with Gasteiger partial charge in [-0.25, -0.2) is 9.59 Å².